The molecule has 0 amide bonds. The Bertz CT molecular complexity index is 439. The van der Waals surface area contributed by atoms with Gasteiger partial charge in [-0.25, -0.2) is 0 Å². The van der Waals surface area contributed by atoms with E-state index in [9.17, 15) is 0 Å². The van der Waals surface area contributed by atoms with Gasteiger partial charge in [0.15, 0.2) is 0 Å². The number of hydrogen-bond acceptors (Lipinski definition) is 2. The molecule has 0 radical (unpaired) electrons. The summed E-state index contributed by atoms with van der Waals surface area (Å²) in [6.45, 7) is 5.22. The van der Waals surface area contributed by atoms with Crippen molar-refractivity contribution in [1.82, 2.24) is 0 Å². The van der Waals surface area contributed by atoms with Gasteiger partial charge in [-0.15, -0.1) is 0 Å². The summed E-state index contributed by atoms with van der Waals surface area (Å²) in [6, 6.07) is 9.08. The predicted octanol–water partition coefficient (Wildman–Crippen LogP) is 3.25. The van der Waals surface area contributed by atoms with Crippen molar-refractivity contribution in [2.24, 2.45) is 11.1 Å². The maximum atomic E-state index is 6.10. The molecule has 3 atom stereocenters. The van der Waals surface area contributed by atoms with Gasteiger partial charge in [-0.1, -0.05) is 38.1 Å². The number of hydrogen-bond donors (Lipinski definition) is 1. The first-order chi connectivity index (χ1) is 9.13. The van der Waals surface area contributed by atoms with Crippen molar-refractivity contribution in [3.63, 3.8) is 0 Å². The maximum absolute atomic E-state index is 6.10. The van der Waals surface area contributed by atoms with Crippen LogP contribution < -0.4 is 5.73 Å². The third kappa shape index (κ3) is 2.32. The molecule has 1 aromatic rings. The van der Waals surface area contributed by atoms with Gasteiger partial charge in [0.1, 0.15) is 0 Å². The highest BCUT2D eigenvalue weighted by Gasteiger charge is 2.51. The Balaban J connectivity index is 1.76. The largest absolute Gasteiger partial charge is 0.374 e. The average molecular weight is 259 g/mol. The molecule has 2 aliphatic heterocycles. The molecule has 2 fully saturated rings. The second-order valence-corrected chi connectivity index (χ2v) is 6.67. The van der Waals surface area contributed by atoms with E-state index in [0.29, 0.717) is 18.1 Å². The topological polar surface area (TPSA) is 35.2 Å². The molecule has 19 heavy (non-hydrogen) atoms. The van der Waals surface area contributed by atoms with Crippen molar-refractivity contribution in [1.29, 1.82) is 0 Å². The fourth-order valence-corrected chi connectivity index (χ4v) is 3.79. The highest BCUT2D eigenvalue weighted by Crippen LogP contribution is 2.48. The summed E-state index contributed by atoms with van der Waals surface area (Å²) in [4.78, 5) is 0. The lowest BCUT2D eigenvalue weighted by Gasteiger charge is -2.34. The Morgan fingerprint density at radius 3 is 2.47 bits per heavy atom. The van der Waals surface area contributed by atoms with Crippen LogP contribution in [0.4, 0.5) is 0 Å². The number of nitrogens with two attached hydrogens (primary N) is 1. The molecule has 1 aromatic carbocycles. The molecule has 2 saturated heterocycles. The third-order valence-electron chi connectivity index (χ3n) is 5.03. The smallest absolute Gasteiger partial charge is 0.0652 e. The van der Waals surface area contributed by atoms with Crippen LogP contribution in [0, 0.1) is 5.41 Å². The highest BCUT2D eigenvalue weighted by molar-refractivity contribution is 5.26. The van der Waals surface area contributed by atoms with Gasteiger partial charge in [0.25, 0.3) is 0 Å². The lowest BCUT2D eigenvalue weighted by Crippen LogP contribution is -2.41. The molecule has 0 saturated carbocycles. The third-order valence-corrected chi connectivity index (χ3v) is 5.03. The Hall–Kier alpha value is -0.860. The maximum Gasteiger partial charge on any atom is 0.0652 e. The zero-order valence-electron chi connectivity index (χ0n) is 12.1. The minimum Gasteiger partial charge on any atom is -0.374 e. The van der Waals surface area contributed by atoms with Gasteiger partial charge < -0.3 is 10.5 Å². The van der Waals surface area contributed by atoms with Gasteiger partial charge in [0, 0.05) is 12.0 Å². The highest BCUT2D eigenvalue weighted by atomic mass is 16.5. The molecular weight excluding hydrogens is 234 g/mol. The fourth-order valence-electron chi connectivity index (χ4n) is 3.79. The quantitative estimate of drug-likeness (QED) is 0.901. The van der Waals surface area contributed by atoms with Gasteiger partial charge in [0.05, 0.1) is 12.2 Å². The van der Waals surface area contributed by atoms with Crippen molar-refractivity contribution in [2.45, 2.75) is 57.7 Å². The van der Waals surface area contributed by atoms with Gasteiger partial charge in [-0.05, 0) is 42.7 Å². The Morgan fingerprint density at radius 2 is 2.00 bits per heavy atom. The van der Waals surface area contributed by atoms with Crippen molar-refractivity contribution in [3.8, 4) is 0 Å². The van der Waals surface area contributed by atoms with Crippen LogP contribution in [0.3, 0.4) is 0 Å². The van der Waals surface area contributed by atoms with Crippen LogP contribution in [0.25, 0.3) is 0 Å². The van der Waals surface area contributed by atoms with Crippen molar-refractivity contribution < 1.29 is 4.74 Å². The molecule has 3 rings (SSSR count). The zero-order chi connectivity index (χ0) is 13.5. The van der Waals surface area contributed by atoms with E-state index in [1.54, 1.807) is 0 Å². The summed E-state index contributed by atoms with van der Waals surface area (Å²) in [5.74, 6) is 0.600. The molecule has 0 spiro atoms. The van der Waals surface area contributed by atoms with Gasteiger partial charge >= 0.3 is 0 Å². The monoisotopic (exact) mass is 259 g/mol. The summed E-state index contributed by atoms with van der Waals surface area (Å²) in [7, 11) is 0. The van der Waals surface area contributed by atoms with E-state index < -0.39 is 0 Å². The van der Waals surface area contributed by atoms with Crippen molar-refractivity contribution >= 4 is 0 Å². The number of ether oxygens (including phenoxy) is 1. The Kier molecular flexibility index (Phi) is 3.40. The zero-order valence-corrected chi connectivity index (χ0v) is 12.1. The first-order valence-electron chi connectivity index (χ1n) is 7.57. The molecule has 2 heteroatoms. The predicted molar refractivity (Wildman–Crippen MR) is 78.2 cm³/mol. The van der Waals surface area contributed by atoms with Gasteiger partial charge in [-0.3, -0.25) is 0 Å². The molecular formula is C17H25NO. The van der Waals surface area contributed by atoms with E-state index in [4.69, 9.17) is 10.5 Å². The van der Waals surface area contributed by atoms with Crippen LogP contribution in [0.15, 0.2) is 24.3 Å². The van der Waals surface area contributed by atoms with E-state index in [1.807, 2.05) is 0 Å². The standard InChI is InChI=1S/C17H25NO/c1-12(2)14-5-3-13(4-6-14)9-17(11-18)10-15-7-8-16(17)19-15/h3-6,12,15-16H,7-11,18H2,1-2H3. The molecule has 2 N–H and O–H groups in total. The number of benzene rings is 1. The summed E-state index contributed by atoms with van der Waals surface area (Å²) in [6.07, 6.45) is 5.53. The van der Waals surface area contributed by atoms with E-state index in [-0.39, 0.29) is 5.41 Å². The molecule has 2 nitrogen and oxygen atoms in total. The van der Waals surface area contributed by atoms with Crippen LogP contribution in [0.1, 0.15) is 50.2 Å². The number of rotatable bonds is 4. The molecule has 2 heterocycles. The van der Waals surface area contributed by atoms with Gasteiger partial charge in [0.2, 0.25) is 0 Å². The summed E-state index contributed by atoms with van der Waals surface area (Å²) in [5.41, 5.74) is 9.12. The molecule has 0 aromatic heterocycles. The van der Waals surface area contributed by atoms with Crippen molar-refractivity contribution in [3.05, 3.63) is 35.4 Å². The molecule has 104 valence electrons. The number of fused-ring (bicyclic) bond motifs is 2. The molecule has 2 aliphatic rings. The minimum atomic E-state index is 0.197. The van der Waals surface area contributed by atoms with Crippen LogP contribution in [-0.4, -0.2) is 18.8 Å². The van der Waals surface area contributed by atoms with Crippen LogP contribution in [0.2, 0.25) is 0 Å². The van der Waals surface area contributed by atoms with Gasteiger partial charge in [-0.2, -0.15) is 0 Å². The first kappa shape index (κ1) is 13.1. The average Bonchev–Trinajstić information content (AvgIpc) is 3.00. The van der Waals surface area contributed by atoms with Crippen LogP contribution in [-0.2, 0) is 11.2 Å². The molecule has 2 bridgehead atoms. The van der Waals surface area contributed by atoms with E-state index >= 15 is 0 Å². The summed E-state index contributed by atoms with van der Waals surface area (Å²) < 4.78 is 6.03. The Morgan fingerprint density at radius 1 is 1.26 bits per heavy atom. The van der Waals surface area contributed by atoms with Crippen LogP contribution in [0.5, 0.6) is 0 Å². The lowest BCUT2D eigenvalue weighted by molar-refractivity contribution is 0.0636. The van der Waals surface area contributed by atoms with E-state index in [1.165, 1.54) is 24.0 Å². The molecule has 3 unspecified atom stereocenters. The SMILES string of the molecule is CC(C)c1ccc(CC2(CN)CC3CCC2O3)cc1. The van der Waals surface area contributed by atoms with E-state index in [2.05, 4.69) is 38.1 Å². The normalized spacial score (nSPS) is 33.3. The van der Waals surface area contributed by atoms with Crippen LogP contribution >= 0.6 is 0 Å². The van der Waals surface area contributed by atoms with E-state index in [0.717, 1.165) is 19.4 Å². The second-order valence-electron chi connectivity index (χ2n) is 6.67. The van der Waals surface area contributed by atoms with Crippen molar-refractivity contribution in [2.75, 3.05) is 6.54 Å². The summed E-state index contributed by atoms with van der Waals surface area (Å²) in [5, 5.41) is 0. The summed E-state index contributed by atoms with van der Waals surface area (Å²) >= 11 is 0. The molecule has 0 aliphatic carbocycles. The Labute approximate surface area is 116 Å². The minimum absolute atomic E-state index is 0.197. The fraction of sp³-hybridized carbons (Fsp3) is 0.647. The lowest BCUT2D eigenvalue weighted by atomic mass is 9.70. The second kappa shape index (κ2) is 4.92. The first-order valence-corrected chi connectivity index (χ1v) is 7.57.